The smallest absolute Gasteiger partial charge is 0.315 e. The van der Waals surface area contributed by atoms with Crippen LogP contribution >= 0.6 is 11.8 Å². The van der Waals surface area contributed by atoms with Crippen LogP contribution in [-0.2, 0) is 16.1 Å². The van der Waals surface area contributed by atoms with Crippen molar-refractivity contribution in [1.29, 1.82) is 0 Å². The van der Waals surface area contributed by atoms with Gasteiger partial charge in [0, 0.05) is 22.7 Å². The maximum Gasteiger partial charge on any atom is 0.315 e. The van der Waals surface area contributed by atoms with E-state index in [-0.39, 0.29) is 17.7 Å². The molecule has 0 amide bonds. The van der Waals surface area contributed by atoms with E-state index in [0.29, 0.717) is 30.8 Å². The van der Waals surface area contributed by atoms with Gasteiger partial charge in [0.25, 0.3) is 0 Å². The van der Waals surface area contributed by atoms with Crippen LogP contribution in [0.25, 0.3) is 0 Å². The Morgan fingerprint density at radius 1 is 0.970 bits per heavy atom. The van der Waals surface area contributed by atoms with Gasteiger partial charge in [-0.15, -0.1) is 11.8 Å². The predicted octanol–water partition coefficient (Wildman–Crippen LogP) is 7.39. The van der Waals surface area contributed by atoms with E-state index in [1.54, 1.807) is 11.8 Å². The summed E-state index contributed by atoms with van der Waals surface area (Å²) in [7, 11) is 0. The molecule has 180 valence electrons. The van der Waals surface area contributed by atoms with Crippen molar-refractivity contribution in [3.05, 3.63) is 53.3 Å². The molecule has 33 heavy (non-hydrogen) atoms. The number of fused-ring (bicyclic) bond motifs is 1. The Balaban J connectivity index is 1.45. The fourth-order valence-corrected chi connectivity index (χ4v) is 5.33. The van der Waals surface area contributed by atoms with Crippen LogP contribution in [0.1, 0.15) is 105 Å². The van der Waals surface area contributed by atoms with Gasteiger partial charge in [0.1, 0.15) is 5.69 Å². The van der Waals surface area contributed by atoms with Crippen LogP contribution < -0.4 is 0 Å². The lowest BCUT2D eigenvalue weighted by Crippen LogP contribution is -2.14. The van der Waals surface area contributed by atoms with E-state index in [9.17, 15) is 9.59 Å². The van der Waals surface area contributed by atoms with Crippen LogP contribution in [0.3, 0.4) is 0 Å². The quantitative estimate of drug-likeness (QED) is 0.118. The number of ketones is 1. The van der Waals surface area contributed by atoms with Crippen molar-refractivity contribution in [2.75, 3.05) is 12.9 Å². The van der Waals surface area contributed by atoms with Crippen LogP contribution in [0.4, 0.5) is 0 Å². The summed E-state index contributed by atoms with van der Waals surface area (Å²) in [6.45, 7) is 3.43. The van der Waals surface area contributed by atoms with E-state index in [4.69, 9.17) is 4.74 Å². The maximum atomic E-state index is 13.2. The third-order valence-corrected chi connectivity index (χ3v) is 7.34. The normalized spacial score (nSPS) is 14.9. The minimum atomic E-state index is -0.267. The SMILES string of the molecule is CCCCCCCCCCCCOC(=O)C1CCn2c1cc(SC)c2C(=O)c1ccccc1. The topological polar surface area (TPSA) is 48.3 Å². The zero-order chi connectivity index (χ0) is 23.5. The second kappa shape index (κ2) is 13.6. The fourth-order valence-electron chi connectivity index (χ4n) is 4.70. The Morgan fingerprint density at radius 3 is 2.24 bits per heavy atom. The van der Waals surface area contributed by atoms with Gasteiger partial charge in [-0.25, -0.2) is 0 Å². The standard InChI is InChI=1S/C28H39NO3S/c1-3-4-5-6-7-8-9-10-11-15-20-32-28(31)23-18-19-29-24(23)21-25(33-2)26(29)27(30)22-16-13-12-14-17-22/h12-14,16-17,21,23H,3-11,15,18-20H2,1-2H3. The lowest BCUT2D eigenvalue weighted by atomic mass is 10.0. The van der Waals surface area contributed by atoms with Gasteiger partial charge in [-0.05, 0) is 25.2 Å². The van der Waals surface area contributed by atoms with Crippen LogP contribution in [0.2, 0.25) is 0 Å². The summed E-state index contributed by atoms with van der Waals surface area (Å²) < 4.78 is 7.67. The molecule has 1 aromatic carbocycles. The number of nitrogens with zero attached hydrogens (tertiary/aromatic N) is 1. The molecular formula is C28H39NO3S. The first-order chi connectivity index (χ1) is 16.2. The largest absolute Gasteiger partial charge is 0.465 e. The molecular weight excluding hydrogens is 430 g/mol. The van der Waals surface area contributed by atoms with E-state index in [1.165, 1.54) is 51.4 Å². The second-order valence-electron chi connectivity index (χ2n) is 9.02. The summed E-state index contributed by atoms with van der Waals surface area (Å²) in [5.74, 6) is -0.393. The van der Waals surface area contributed by atoms with E-state index < -0.39 is 0 Å². The number of hydrogen-bond donors (Lipinski definition) is 0. The van der Waals surface area contributed by atoms with Gasteiger partial charge in [0.15, 0.2) is 0 Å². The van der Waals surface area contributed by atoms with E-state index >= 15 is 0 Å². The average molecular weight is 470 g/mol. The number of benzene rings is 1. The molecule has 1 aliphatic rings. The monoisotopic (exact) mass is 469 g/mol. The van der Waals surface area contributed by atoms with Crippen molar-refractivity contribution in [2.24, 2.45) is 0 Å². The van der Waals surface area contributed by atoms with E-state index in [2.05, 4.69) is 6.92 Å². The third kappa shape index (κ3) is 6.99. The molecule has 4 nitrogen and oxygen atoms in total. The molecule has 1 aliphatic heterocycles. The van der Waals surface area contributed by atoms with E-state index in [0.717, 1.165) is 23.4 Å². The number of unbranched alkanes of at least 4 members (excludes halogenated alkanes) is 9. The number of ether oxygens (including phenoxy) is 1. The van der Waals surface area contributed by atoms with Crippen LogP contribution in [0, 0.1) is 0 Å². The molecule has 1 aromatic heterocycles. The van der Waals surface area contributed by atoms with Gasteiger partial charge in [0.2, 0.25) is 5.78 Å². The third-order valence-electron chi connectivity index (χ3n) is 6.59. The number of esters is 1. The Labute approximate surface area is 203 Å². The average Bonchev–Trinajstić information content (AvgIpc) is 3.41. The van der Waals surface area contributed by atoms with Gasteiger partial charge in [-0.3, -0.25) is 9.59 Å². The second-order valence-corrected chi connectivity index (χ2v) is 9.87. The van der Waals surface area contributed by atoms with Crippen molar-refractivity contribution >= 4 is 23.5 Å². The molecule has 3 rings (SSSR count). The van der Waals surface area contributed by atoms with Crippen molar-refractivity contribution < 1.29 is 14.3 Å². The molecule has 0 N–H and O–H groups in total. The molecule has 2 heterocycles. The van der Waals surface area contributed by atoms with Crippen LogP contribution in [0.5, 0.6) is 0 Å². The van der Waals surface area contributed by atoms with Crippen LogP contribution in [0.15, 0.2) is 41.3 Å². The highest BCUT2D eigenvalue weighted by molar-refractivity contribution is 7.98. The summed E-state index contributed by atoms with van der Waals surface area (Å²) in [4.78, 5) is 26.9. The molecule has 0 saturated carbocycles. The molecule has 0 bridgehead atoms. The molecule has 1 unspecified atom stereocenters. The molecule has 0 spiro atoms. The first-order valence-electron chi connectivity index (χ1n) is 12.7. The lowest BCUT2D eigenvalue weighted by molar-refractivity contribution is -0.145. The summed E-state index contributed by atoms with van der Waals surface area (Å²) in [5, 5.41) is 0. The molecule has 0 saturated heterocycles. The number of carbonyl (C=O) groups excluding carboxylic acids is 2. The van der Waals surface area contributed by atoms with Gasteiger partial charge < -0.3 is 9.30 Å². The number of carbonyl (C=O) groups is 2. The summed E-state index contributed by atoms with van der Waals surface area (Å²) >= 11 is 1.56. The predicted molar refractivity (Wildman–Crippen MR) is 136 cm³/mol. The minimum absolute atomic E-state index is 0.0191. The van der Waals surface area contributed by atoms with Crippen LogP contribution in [-0.4, -0.2) is 29.2 Å². The Morgan fingerprint density at radius 2 is 1.61 bits per heavy atom. The molecule has 0 radical (unpaired) electrons. The molecule has 5 heteroatoms. The van der Waals surface area contributed by atoms with Crippen molar-refractivity contribution in [3.8, 4) is 0 Å². The number of hydrogen-bond acceptors (Lipinski definition) is 4. The number of thioether (sulfide) groups is 1. The molecule has 1 atom stereocenters. The Hall–Kier alpha value is -2.01. The number of aromatic nitrogens is 1. The van der Waals surface area contributed by atoms with Gasteiger partial charge in [-0.2, -0.15) is 0 Å². The zero-order valence-electron chi connectivity index (χ0n) is 20.3. The highest BCUT2D eigenvalue weighted by Gasteiger charge is 2.35. The van der Waals surface area contributed by atoms with Gasteiger partial charge in [-0.1, -0.05) is 95.0 Å². The highest BCUT2D eigenvalue weighted by Crippen LogP contribution is 2.37. The Kier molecular flexibility index (Phi) is 10.6. The Bertz CT molecular complexity index is 890. The minimum Gasteiger partial charge on any atom is -0.465 e. The number of rotatable bonds is 15. The van der Waals surface area contributed by atoms with Gasteiger partial charge in [0.05, 0.1) is 12.5 Å². The maximum absolute atomic E-state index is 13.2. The summed E-state index contributed by atoms with van der Waals surface area (Å²) in [5.41, 5.74) is 2.31. The first-order valence-corrected chi connectivity index (χ1v) is 13.9. The first kappa shape index (κ1) is 25.6. The molecule has 0 fully saturated rings. The fraction of sp³-hybridized carbons (Fsp3) is 0.571. The van der Waals surface area contributed by atoms with Crippen molar-refractivity contribution in [1.82, 2.24) is 4.57 Å². The van der Waals surface area contributed by atoms with Gasteiger partial charge >= 0.3 is 5.97 Å². The lowest BCUT2D eigenvalue weighted by Gasteiger charge is -2.10. The summed E-state index contributed by atoms with van der Waals surface area (Å²) in [6, 6.07) is 11.4. The molecule has 0 aliphatic carbocycles. The van der Waals surface area contributed by atoms with Crippen molar-refractivity contribution in [2.45, 2.75) is 94.9 Å². The highest BCUT2D eigenvalue weighted by atomic mass is 32.2. The zero-order valence-corrected chi connectivity index (χ0v) is 21.1. The summed E-state index contributed by atoms with van der Waals surface area (Å²) in [6.07, 6.45) is 15.3. The van der Waals surface area contributed by atoms with E-state index in [1.807, 2.05) is 47.2 Å². The van der Waals surface area contributed by atoms with Crippen molar-refractivity contribution in [3.63, 3.8) is 0 Å². The molecule has 2 aromatic rings.